The molecule has 0 saturated carbocycles. The van der Waals surface area contributed by atoms with E-state index in [0.717, 1.165) is 36.9 Å². The van der Waals surface area contributed by atoms with Gasteiger partial charge in [-0.1, -0.05) is 11.6 Å². The standard InChI is InChI=1S/C15H20ClN5OS/c1-10-9-23-15(17-10)21-6-4-5-20(7-8-21)14(22)12-11(2)18-19(3)13(12)16/h9H,4-8H2,1-3H3. The second-order valence-electron chi connectivity index (χ2n) is 5.78. The number of aryl methyl sites for hydroxylation is 3. The number of carbonyl (C=O) groups is 1. The fourth-order valence-corrected chi connectivity index (χ4v) is 3.94. The van der Waals surface area contributed by atoms with Crippen molar-refractivity contribution in [3.8, 4) is 0 Å². The van der Waals surface area contributed by atoms with Crippen LogP contribution < -0.4 is 4.90 Å². The Kier molecular flexibility index (Phi) is 4.59. The van der Waals surface area contributed by atoms with E-state index in [9.17, 15) is 4.79 Å². The number of nitrogens with zero attached hydrogens (tertiary/aromatic N) is 5. The summed E-state index contributed by atoms with van der Waals surface area (Å²) in [7, 11) is 1.75. The average Bonchev–Trinajstić information content (AvgIpc) is 2.93. The zero-order chi connectivity index (χ0) is 16.6. The van der Waals surface area contributed by atoms with E-state index in [2.05, 4.69) is 20.4 Å². The number of hydrogen-bond acceptors (Lipinski definition) is 5. The molecule has 1 aliphatic rings. The number of carbonyl (C=O) groups excluding carboxylic acids is 1. The van der Waals surface area contributed by atoms with E-state index >= 15 is 0 Å². The summed E-state index contributed by atoms with van der Waals surface area (Å²) in [5, 5.41) is 7.73. The first-order valence-corrected chi connectivity index (χ1v) is 8.88. The lowest BCUT2D eigenvalue weighted by Gasteiger charge is -2.21. The highest BCUT2D eigenvalue weighted by molar-refractivity contribution is 7.13. The lowest BCUT2D eigenvalue weighted by atomic mass is 10.2. The topological polar surface area (TPSA) is 54.3 Å². The van der Waals surface area contributed by atoms with Crippen LogP contribution >= 0.6 is 22.9 Å². The summed E-state index contributed by atoms with van der Waals surface area (Å²) in [6.07, 6.45) is 0.918. The zero-order valence-electron chi connectivity index (χ0n) is 13.5. The summed E-state index contributed by atoms with van der Waals surface area (Å²) in [6, 6.07) is 0. The molecule has 3 heterocycles. The van der Waals surface area contributed by atoms with Crippen LogP contribution in [0.5, 0.6) is 0 Å². The highest BCUT2D eigenvalue weighted by Gasteiger charge is 2.26. The molecule has 0 unspecified atom stereocenters. The second-order valence-corrected chi connectivity index (χ2v) is 6.97. The van der Waals surface area contributed by atoms with E-state index in [4.69, 9.17) is 11.6 Å². The van der Waals surface area contributed by atoms with Crippen LogP contribution in [0.1, 0.15) is 28.2 Å². The first-order valence-electron chi connectivity index (χ1n) is 7.63. The summed E-state index contributed by atoms with van der Waals surface area (Å²) >= 11 is 7.89. The van der Waals surface area contributed by atoms with E-state index in [1.807, 2.05) is 18.7 Å². The van der Waals surface area contributed by atoms with E-state index in [-0.39, 0.29) is 5.91 Å². The molecule has 1 fully saturated rings. The summed E-state index contributed by atoms with van der Waals surface area (Å²) in [5.41, 5.74) is 2.24. The van der Waals surface area contributed by atoms with Crippen molar-refractivity contribution < 1.29 is 4.79 Å². The van der Waals surface area contributed by atoms with Gasteiger partial charge in [-0.25, -0.2) is 4.98 Å². The molecule has 2 aromatic heterocycles. The Bertz CT molecular complexity index is 726. The molecule has 6 nitrogen and oxygen atoms in total. The lowest BCUT2D eigenvalue weighted by molar-refractivity contribution is 0.0766. The SMILES string of the molecule is Cc1csc(N2CCCN(C(=O)c3c(C)nn(C)c3Cl)CC2)n1. The molecule has 1 aliphatic heterocycles. The average molecular weight is 354 g/mol. The van der Waals surface area contributed by atoms with Gasteiger partial charge < -0.3 is 9.80 Å². The Balaban J connectivity index is 1.74. The minimum absolute atomic E-state index is 0.0298. The van der Waals surface area contributed by atoms with Crippen molar-refractivity contribution in [2.24, 2.45) is 7.05 Å². The highest BCUT2D eigenvalue weighted by Crippen LogP contribution is 2.24. The van der Waals surface area contributed by atoms with Gasteiger partial charge in [-0.05, 0) is 20.3 Å². The first kappa shape index (κ1) is 16.3. The van der Waals surface area contributed by atoms with Crippen molar-refractivity contribution in [1.82, 2.24) is 19.7 Å². The van der Waals surface area contributed by atoms with Crippen molar-refractivity contribution >= 4 is 34.0 Å². The maximum absolute atomic E-state index is 12.8. The number of thiazole rings is 1. The van der Waals surface area contributed by atoms with Gasteiger partial charge >= 0.3 is 0 Å². The largest absolute Gasteiger partial charge is 0.346 e. The zero-order valence-corrected chi connectivity index (χ0v) is 15.1. The van der Waals surface area contributed by atoms with Gasteiger partial charge in [0.25, 0.3) is 5.91 Å². The predicted molar refractivity (Wildman–Crippen MR) is 92.5 cm³/mol. The Morgan fingerprint density at radius 2 is 2.04 bits per heavy atom. The molecular weight excluding hydrogens is 334 g/mol. The van der Waals surface area contributed by atoms with Crippen LogP contribution in [0.2, 0.25) is 5.15 Å². The number of halogens is 1. The van der Waals surface area contributed by atoms with Gasteiger partial charge in [0.15, 0.2) is 5.13 Å². The number of hydrogen-bond donors (Lipinski definition) is 0. The van der Waals surface area contributed by atoms with Crippen LogP contribution in [0.4, 0.5) is 5.13 Å². The van der Waals surface area contributed by atoms with Crippen LogP contribution in [-0.4, -0.2) is 51.8 Å². The first-order chi connectivity index (χ1) is 11.0. The maximum atomic E-state index is 12.8. The molecule has 8 heteroatoms. The van der Waals surface area contributed by atoms with Crippen LogP contribution in [0.15, 0.2) is 5.38 Å². The Hall–Kier alpha value is -1.60. The number of anilines is 1. The Morgan fingerprint density at radius 3 is 2.65 bits per heavy atom. The van der Waals surface area contributed by atoms with Crippen LogP contribution in [-0.2, 0) is 7.05 Å². The molecule has 3 rings (SSSR count). The molecule has 0 spiro atoms. The smallest absolute Gasteiger partial charge is 0.258 e. The van der Waals surface area contributed by atoms with Gasteiger partial charge in [-0.2, -0.15) is 5.10 Å². The molecule has 0 aliphatic carbocycles. The summed E-state index contributed by atoms with van der Waals surface area (Å²) in [5.74, 6) is -0.0298. The third-order valence-electron chi connectivity index (χ3n) is 4.03. The van der Waals surface area contributed by atoms with Crippen molar-refractivity contribution in [2.45, 2.75) is 20.3 Å². The quantitative estimate of drug-likeness (QED) is 0.832. The normalized spacial score (nSPS) is 15.8. The summed E-state index contributed by atoms with van der Waals surface area (Å²) < 4.78 is 1.55. The van der Waals surface area contributed by atoms with Crippen molar-refractivity contribution in [1.29, 1.82) is 0 Å². The Labute approximate surface area is 144 Å². The van der Waals surface area contributed by atoms with Gasteiger partial charge in [0.1, 0.15) is 5.15 Å². The van der Waals surface area contributed by atoms with Crippen LogP contribution in [0.3, 0.4) is 0 Å². The summed E-state index contributed by atoms with van der Waals surface area (Å²) in [4.78, 5) is 21.5. The molecule has 0 bridgehead atoms. The molecule has 23 heavy (non-hydrogen) atoms. The molecule has 0 N–H and O–H groups in total. The van der Waals surface area contributed by atoms with E-state index in [0.29, 0.717) is 23.0 Å². The molecular formula is C15H20ClN5OS. The van der Waals surface area contributed by atoms with Gasteiger partial charge in [0.2, 0.25) is 0 Å². The van der Waals surface area contributed by atoms with Gasteiger partial charge in [0.05, 0.1) is 17.0 Å². The van der Waals surface area contributed by atoms with Gasteiger partial charge in [-0.3, -0.25) is 9.48 Å². The number of rotatable bonds is 2. The van der Waals surface area contributed by atoms with Crippen molar-refractivity contribution in [3.63, 3.8) is 0 Å². The number of amides is 1. The third-order valence-corrected chi connectivity index (χ3v) is 5.48. The predicted octanol–water partition coefficient (Wildman–Crippen LogP) is 2.50. The highest BCUT2D eigenvalue weighted by atomic mass is 35.5. The lowest BCUT2D eigenvalue weighted by Crippen LogP contribution is -2.35. The summed E-state index contributed by atoms with van der Waals surface area (Å²) in [6.45, 7) is 6.92. The molecule has 1 amide bonds. The monoisotopic (exact) mass is 353 g/mol. The van der Waals surface area contributed by atoms with E-state index in [1.165, 1.54) is 0 Å². The maximum Gasteiger partial charge on any atom is 0.258 e. The fourth-order valence-electron chi connectivity index (χ4n) is 2.83. The molecule has 2 aromatic rings. The minimum Gasteiger partial charge on any atom is -0.346 e. The van der Waals surface area contributed by atoms with Crippen molar-refractivity contribution in [2.75, 3.05) is 31.1 Å². The fraction of sp³-hybridized carbons (Fsp3) is 0.533. The molecule has 0 radical (unpaired) electrons. The molecule has 0 atom stereocenters. The van der Waals surface area contributed by atoms with Gasteiger partial charge in [-0.15, -0.1) is 11.3 Å². The van der Waals surface area contributed by atoms with Crippen LogP contribution in [0.25, 0.3) is 0 Å². The van der Waals surface area contributed by atoms with Crippen LogP contribution in [0, 0.1) is 13.8 Å². The van der Waals surface area contributed by atoms with Gasteiger partial charge in [0, 0.05) is 38.6 Å². The third kappa shape index (κ3) is 3.21. The molecule has 1 saturated heterocycles. The minimum atomic E-state index is -0.0298. The molecule has 0 aromatic carbocycles. The number of aromatic nitrogens is 3. The molecule has 124 valence electrons. The van der Waals surface area contributed by atoms with E-state index < -0.39 is 0 Å². The second kappa shape index (κ2) is 6.49. The Morgan fingerprint density at radius 1 is 1.26 bits per heavy atom. The van der Waals surface area contributed by atoms with E-state index in [1.54, 1.807) is 23.1 Å². The van der Waals surface area contributed by atoms with Crippen molar-refractivity contribution in [3.05, 3.63) is 27.5 Å².